The highest BCUT2D eigenvalue weighted by Crippen LogP contribution is 2.32. The molecule has 0 saturated heterocycles. The maximum absolute atomic E-state index is 12.5. The fraction of sp³-hybridized carbons (Fsp3) is 0.533. The first-order valence-electron chi connectivity index (χ1n) is 7.98. The maximum Gasteiger partial charge on any atom is 0.437 e. The molecule has 0 N–H and O–H groups in total. The van der Waals surface area contributed by atoms with E-state index in [2.05, 4.69) is 22.0 Å². The van der Waals surface area contributed by atoms with Crippen LogP contribution in [0.3, 0.4) is 0 Å². The predicted molar refractivity (Wildman–Crippen MR) is 84.7 cm³/mol. The van der Waals surface area contributed by atoms with Crippen LogP contribution in [0.1, 0.15) is 38.1 Å². The van der Waals surface area contributed by atoms with Gasteiger partial charge >= 0.3 is 5.76 Å². The van der Waals surface area contributed by atoms with E-state index in [0.29, 0.717) is 17.1 Å². The van der Waals surface area contributed by atoms with Crippen molar-refractivity contribution in [3.05, 3.63) is 39.4 Å². The lowest BCUT2D eigenvalue weighted by atomic mass is 10.1. The Morgan fingerprint density at radius 2 is 2.04 bits per heavy atom. The van der Waals surface area contributed by atoms with Crippen LogP contribution in [0, 0.1) is 5.92 Å². The van der Waals surface area contributed by atoms with Crippen LogP contribution in [0.5, 0.6) is 0 Å². The number of nitrogens with zero attached hydrogens (tertiary/aromatic N) is 6. The van der Waals surface area contributed by atoms with Crippen LogP contribution >= 0.6 is 0 Å². The van der Waals surface area contributed by atoms with Gasteiger partial charge in [-0.2, -0.15) is 4.68 Å². The quantitative estimate of drug-likeness (QED) is 0.700. The Morgan fingerprint density at radius 3 is 2.79 bits per heavy atom. The van der Waals surface area contributed by atoms with Crippen LogP contribution in [0.4, 0.5) is 0 Å². The van der Waals surface area contributed by atoms with Gasteiger partial charge in [0.05, 0.1) is 12.4 Å². The molecule has 0 unspecified atom stereocenters. The molecule has 4 rings (SSSR count). The van der Waals surface area contributed by atoms with E-state index in [4.69, 9.17) is 4.42 Å². The highest BCUT2D eigenvalue weighted by atomic mass is 16.4. The highest BCUT2D eigenvalue weighted by molar-refractivity contribution is 5.68. The van der Waals surface area contributed by atoms with Crippen molar-refractivity contribution in [3.63, 3.8) is 0 Å². The Kier molecular flexibility index (Phi) is 3.36. The second-order valence-corrected chi connectivity index (χ2v) is 6.48. The second kappa shape index (κ2) is 5.43. The summed E-state index contributed by atoms with van der Waals surface area (Å²) in [7, 11) is 1.73. The molecule has 0 amide bonds. The summed E-state index contributed by atoms with van der Waals surface area (Å²) in [5.41, 5.74) is 0.557. The molecule has 3 heterocycles. The molecule has 9 nitrogen and oxygen atoms in total. The number of hydrogen-bond donors (Lipinski definition) is 0. The molecule has 2 atom stereocenters. The summed E-state index contributed by atoms with van der Waals surface area (Å²) in [4.78, 5) is 32.8. The molecule has 0 aliphatic heterocycles. The minimum absolute atomic E-state index is 0.0669. The fourth-order valence-corrected chi connectivity index (χ4v) is 3.35. The zero-order chi connectivity index (χ0) is 16.8. The summed E-state index contributed by atoms with van der Waals surface area (Å²) in [6.45, 7) is 2.23. The van der Waals surface area contributed by atoms with Gasteiger partial charge in [0.2, 0.25) is 5.89 Å². The van der Waals surface area contributed by atoms with Crippen molar-refractivity contribution in [2.75, 3.05) is 0 Å². The molecule has 1 saturated carbocycles. The van der Waals surface area contributed by atoms with Crippen LogP contribution in [0.25, 0.3) is 11.2 Å². The maximum atomic E-state index is 12.5. The van der Waals surface area contributed by atoms with Gasteiger partial charge in [-0.15, -0.1) is 5.10 Å². The van der Waals surface area contributed by atoms with Gasteiger partial charge in [0, 0.05) is 7.05 Å². The van der Waals surface area contributed by atoms with Crippen molar-refractivity contribution in [2.24, 2.45) is 13.0 Å². The first-order valence-corrected chi connectivity index (χ1v) is 7.98. The molecule has 0 bridgehead atoms. The lowest BCUT2D eigenvalue weighted by Crippen LogP contribution is -2.23. The molecule has 0 aromatic carbocycles. The minimum atomic E-state index is -0.466. The van der Waals surface area contributed by atoms with Gasteiger partial charge < -0.3 is 8.98 Å². The van der Waals surface area contributed by atoms with E-state index in [9.17, 15) is 9.59 Å². The number of hydrogen-bond acceptors (Lipinski definition) is 6. The molecular formula is C15H18N6O3. The molecule has 1 fully saturated rings. The fourth-order valence-electron chi connectivity index (χ4n) is 3.35. The average Bonchev–Trinajstić information content (AvgIpc) is 3.22. The standard InChI is InChI=1S/C15H18N6O3/c1-9-3-4-10(5-9)21-15(23)24-11(18-21)6-20-8-17-13-12(14(20)22)19(2)7-16-13/h7-10H,3-6H2,1-2H3/t9-,10-/m0/s1. The van der Waals surface area contributed by atoms with Crippen LogP contribution in [0.2, 0.25) is 0 Å². The third-order valence-corrected chi connectivity index (χ3v) is 4.63. The third-order valence-electron chi connectivity index (χ3n) is 4.63. The molecule has 1 aliphatic carbocycles. The zero-order valence-electron chi connectivity index (χ0n) is 13.5. The van der Waals surface area contributed by atoms with Crippen molar-refractivity contribution in [1.82, 2.24) is 28.9 Å². The molecule has 0 spiro atoms. The molecule has 3 aromatic heterocycles. The van der Waals surface area contributed by atoms with Crippen molar-refractivity contribution in [1.29, 1.82) is 0 Å². The molecule has 3 aromatic rings. The van der Waals surface area contributed by atoms with Crippen LogP contribution in [-0.4, -0.2) is 28.9 Å². The van der Waals surface area contributed by atoms with Crippen LogP contribution in [-0.2, 0) is 13.6 Å². The van der Waals surface area contributed by atoms with Gasteiger partial charge in [-0.25, -0.2) is 14.8 Å². The molecule has 9 heteroatoms. The Morgan fingerprint density at radius 1 is 1.25 bits per heavy atom. The number of aromatic nitrogens is 6. The molecule has 1 aliphatic rings. The zero-order valence-corrected chi connectivity index (χ0v) is 13.5. The summed E-state index contributed by atoms with van der Waals surface area (Å²) >= 11 is 0. The van der Waals surface area contributed by atoms with Gasteiger partial charge in [0.25, 0.3) is 5.56 Å². The average molecular weight is 330 g/mol. The lowest BCUT2D eigenvalue weighted by Gasteiger charge is -2.06. The van der Waals surface area contributed by atoms with E-state index in [1.54, 1.807) is 17.9 Å². The Bertz CT molecular complexity index is 1010. The van der Waals surface area contributed by atoms with Gasteiger partial charge in [-0.1, -0.05) is 6.92 Å². The summed E-state index contributed by atoms with van der Waals surface area (Å²) < 4.78 is 9.64. The van der Waals surface area contributed by atoms with E-state index in [-0.39, 0.29) is 24.0 Å². The summed E-state index contributed by atoms with van der Waals surface area (Å²) in [6.07, 6.45) is 5.87. The van der Waals surface area contributed by atoms with E-state index in [1.807, 2.05) is 0 Å². The summed E-state index contributed by atoms with van der Waals surface area (Å²) in [6, 6.07) is 0.0828. The predicted octanol–water partition coefficient (Wildman–Crippen LogP) is 0.689. The van der Waals surface area contributed by atoms with E-state index in [0.717, 1.165) is 19.3 Å². The molecular weight excluding hydrogens is 312 g/mol. The summed E-state index contributed by atoms with van der Waals surface area (Å²) in [5, 5.41) is 4.28. The second-order valence-electron chi connectivity index (χ2n) is 6.48. The Balaban J connectivity index is 1.67. The monoisotopic (exact) mass is 330 g/mol. The normalized spacial score (nSPS) is 20.9. The van der Waals surface area contributed by atoms with Gasteiger partial charge in [0.1, 0.15) is 12.9 Å². The first kappa shape index (κ1) is 14.9. The van der Waals surface area contributed by atoms with Crippen molar-refractivity contribution >= 4 is 11.2 Å². The minimum Gasteiger partial charge on any atom is -0.390 e. The summed E-state index contributed by atoms with van der Waals surface area (Å²) in [5.74, 6) is 0.331. The Labute approximate surface area is 136 Å². The van der Waals surface area contributed by atoms with Crippen molar-refractivity contribution in [3.8, 4) is 0 Å². The van der Waals surface area contributed by atoms with Gasteiger partial charge in [0.15, 0.2) is 11.2 Å². The molecule has 0 radical (unpaired) electrons. The first-order chi connectivity index (χ1) is 11.5. The van der Waals surface area contributed by atoms with Crippen molar-refractivity contribution in [2.45, 2.75) is 38.8 Å². The number of imidazole rings is 1. The van der Waals surface area contributed by atoms with Crippen molar-refractivity contribution < 1.29 is 4.42 Å². The van der Waals surface area contributed by atoms with Gasteiger partial charge in [-0.05, 0) is 25.2 Å². The largest absolute Gasteiger partial charge is 0.437 e. The van der Waals surface area contributed by atoms with E-state index < -0.39 is 5.76 Å². The van der Waals surface area contributed by atoms with E-state index in [1.165, 1.54) is 15.6 Å². The Hall–Kier alpha value is -2.71. The number of aryl methyl sites for hydroxylation is 1. The van der Waals surface area contributed by atoms with Gasteiger partial charge in [-0.3, -0.25) is 9.36 Å². The third kappa shape index (κ3) is 2.36. The smallest absolute Gasteiger partial charge is 0.390 e. The number of fused-ring (bicyclic) bond motifs is 1. The number of rotatable bonds is 3. The van der Waals surface area contributed by atoms with Crippen LogP contribution < -0.4 is 11.3 Å². The SMILES string of the molecule is C[C@H]1CC[C@H](n2nc(Cn3cnc4ncn(C)c4c3=O)oc2=O)C1. The lowest BCUT2D eigenvalue weighted by molar-refractivity contribution is 0.397. The topological polar surface area (TPSA) is 101 Å². The van der Waals surface area contributed by atoms with Crippen LogP contribution in [0.15, 0.2) is 26.7 Å². The molecule has 126 valence electrons. The molecule has 24 heavy (non-hydrogen) atoms. The van der Waals surface area contributed by atoms with E-state index >= 15 is 0 Å². The highest BCUT2D eigenvalue weighted by Gasteiger charge is 2.26.